The molecular weight excluding hydrogens is 340 g/mol. The van der Waals surface area contributed by atoms with Crippen LogP contribution in [0.1, 0.15) is 88.0 Å². The molecule has 0 aromatic heterocycles. The average Bonchev–Trinajstić information content (AvgIpc) is 2.66. The Balaban J connectivity index is 0. The molecular formula is C23H42O4. The van der Waals surface area contributed by atoms with Crippen LogP contribution in [-0.2, 0) is 14.3 Å². The highest BCUT2D eigenvalue weighted by Crippen LogP contribution is 2.35. The van der Waals surface area contributed by atoms with E-state index in [9.17, 15) is 9.59 Å². The smallest absolute Gasteiger partial charge is 0.330 e. The summed E-state index contributed by atoms with van der Waals surface area (Å²) in [5.41, 5.74) is 0.751. The Morgan fingerprint density at radius 1 is 1.00 bits per heavy atom. The second-order valence-corrected chi connectivity index (χ2v) is 7.95. The van der Waals surface area contributed by atoms with Gasteiger partial charge in [0.05, 0.1) is 0 Å². The molecule has 4 nitrogen and oxygen atoms in total. The van der Waals surface area contributed by atoms with Crippen molar-refractivity contribution in [2.24, 2.45) is 16.7 Å². The maximum atomic E-state index is 11.0. The lowest BCUT2D eigenvalue weighted by Gasteiger charge is -2.32. The van der Waals surface area contributed by atoms with Crippen LogP contribution in [0.2, 0.25) is 0 Å². The van der Waals surface area contributed by atoms with Gasteiger partial charge < -0.3 is 9.84 Å². The van der Waals surface area contributed by atoms with Crippen molar-refractivity contribution in [3.8, 4) is 0 Å². The van der Waals surface area contributed by atoms with E-state index in [4.69, 9.17) is 9.84 Å². The van der Waals surface area contributed by atoms with Gasteiger partial charge in [0.15, 0.2) is 0 Å². The Hall–Kier alpha value is -1.58. The van der Waals surface area contributed by atoms with Gasteiger partial charge in [0, 0.05) is 17.1 Å². The van der Waals surface area contributed by atoms with Crippen molar-refractivity contribution in [1.29, 1.82) is 0 Å². The summed E-state index contributed by atoms with van der Waals surface area (Å²) in [4.78, 5) is 21.6. The SMILES string of the molecule is C=CC(=O)OC(C)C(C)(CC)CC.CCC(C)(CC)C(C)C=C(C)C(=O)O. The summed E-state index contributed by atoms with van der Waals surface area (Å²) in [5.74, 6) is -0.833. The summed E-state index contributed by atoms with van der Waals surface area (Å²) < 4.78 is 5.19. The zero-order valence-corrected chi connectivity index (χ0v) is 19.0. The van der Waals surface area contributed by atoms with Crippen molar-refractivity contribution in [1.82, 2.24) is 0 Å². The summed E-state index contributed by atoms with van der Waals surface area (Å²) >= 11 is 0. The number of carboxylic acid groups (broad SMARTS) is 1. The van der Waals surface area contributed by atoms with Gasteiger partial charge in [0.25, 0.3) is 0 Å². The molecule has 0 saturated heterocycles. The van der Waals surface area contributed by atoms with Crippen molar-refractivity contribution < 1.29 is 19.4 Å². The molecule has 0 rings (SSSR count). The molecule has 4 heteroatoms. The van der Waals surface area contributed by atoms with Gasteiger partial charge in [-0.1, -0.05) is 74.0 Å². The minimum absolute atomic E-state index is 0.0481. The highest BCUT2D eigenvalue weighted by molar-refractivity contribution is 5.85. The number of aliphatic carboxylic acids is 1. The molecule has 0 spiro atoms. The molecule has 0 saturated carbocycles. The number of carboxylic acids is 1. The summed E-state index contributed by atoms with van der Waals surface area (Å²) in [6.45, 7) is 21.9. The molecule has 0 aromatic rings. The van der Waals surface area contributed by atoms with Gasteiger partial charge >= 0.3 is 11.9 Å². The molecule has 2 atom stereocenters. The fraction of sp³-hybridized carbons (Fsp3) is 0.739. The van der Waals surface area contributed by atoms with Crippen LogP contribution in [0, 0.1) is 16.7 Å². The lowest BCUT2D eigenvalue weighted by atomic mass is 9.73. The molecule has 27 heavy (non-hydrogen) atoms. The van der Waals surface area contributed by atoms with E-state index in [1.807, 2.05) is 13.0 Å². The van der Waals surface area contributed by atoms with Crippen molar-refractivity contribution >= 4 is 11.9 Å². The standard InChI is InChI=1S/C12H22O2.C11H20O2/c1-6-12(5,7-2)10(4)8-9(3)11(13)14;1-6-10(12)13-9(4)11(5,7-2)8-3/h8,10H,6-7H2,1-5H3,(H,13,14);6,9H,1,7-8H2,2-5H3. The summed E-state index contributed by atoms with van der Waals surface area (Å²) in [6, 6.07) is 0. The minimum atomic E-state index is -0.814. The second kappa shape index (κ2) is 12.7. The lowest BCUT2D eigenvalue weighted by molar-refractivity contribution is -0.148. The Morgan fingerprint density at radius 3 is 1.70 bits per heavy atom. The van der Waals surface area contributed by atoms with Crippen LogP contribution in [0.25, 0.3) is 0 Å². The van der Waals surface area contributed by atoms with E-state index >= 15 is 0 Å². The fourth-order valence-corrected chi connectivity index (χ4v) is 2.73. The number of rotatable bonds is 10. The van der Waals surface area contributed by atoms with Crippen LogP contribution in [0.15, 0.2) is 24.3 Å². The first kappa shape index (κ1) is 27.6. The van der Waals surface area contributed by atoms with Crippen molar-refractivity contribution in [2.75, 3.05) is 0 Å². The van der Waals surface area contributed by atoms with E-state index in [0.717, 1.165) is 25.7 Å². The van der Waals surface area contributed by atoms with Crippen LogP contribution in [0.3, 0.4) is 0 Å². The number of allylic oxidation sites excluding steroid dienone is 1. The third kappa shape index (κ3) is 9.25. The molecule has 0 aliphatic heterocycles. The number of esters is 1. The van der Waals surface area contributed by atoms with Gasteiger partial charge in [-0.3, -0.25) is 0 Å². The third-order valence-corrected chi connectivity index (χ3v) is 6.61. The maximum Gasteiger partial charge on any atom is 0.330 e. The lowest BCUT2D eigenvalue weighted by Crippen LogP contribution is -2.32. The van der Waals surface area contributed by atoms with Gasteiger partial charge in [-0.05, 0) is 38.0 Å². The van der Waals surface area contributed by atoms with Crippen LogP contribution >= 0.6 is 0 Å². The summed E-state index contributed by atoms with van der Waals surface area (Å²) in [5, 5.41) is 8.77. The Bertz CT molecular complexity index is 497. The first-order valence-corrected chi connectivity index (χ1v) is 10.1. The van der Waals surface area contributed by atoms with Gasteiger partial charge in [-0.15, -0.1) is 0 Å². The van der Waals surface area contributed by atoms with Crippen molar-refractivity contribution in [3.05, 3.63) is 24.3 Å². The second-order valence-electron chi connectivity index (χ2n) is 7.95. The molecule has 158 valence electrons. The normalized spacial score (nSPS) is 14.5. The third-order valence-electron chi connectivity index (χ3n) is 6.61. The molecule has 0 bridgehead atoms. The highest BCUT2D eigenvalue weighted by atomic mass is 16.5. The molecule has 0 aliphatic carbocycles. The van der Waals surface area contributed by atoms with Crippen LogP contribution in [0.5, 0.6) is 0 Å². The first-order chi connectivity index (χ1) is 12.4. The van der Waals surface area contributed by atoms with Crippen LogP contribution < -0.4 is 0 Å². The molecule has 0 heterocycles. The Morgan fingerprint density at radius 2 is 1.41 bits per heavy atom. The van der Waals surface area contributed by atoms with E-state index in [1.165, 1.54) is 6.08 Å². The molecule has 0 aliphatic rings. The van der Waals surface area contributed by atoms with Crippen molar-refractivity contribution in [3.63, 3.8) is 0 Å². The average molecular weight is 383 g/mol. The molecule has 1 N–H and O–H groups in total. The molecule has 0 aromatic carbocycles. The zero-order chi connectivity index (χ0) is 21.8. The van der Waals surface area contributed by atoms with Gasteiger partial charge in [0.2, 0.25) is 0 Å². The maximum absolute atomic E-state index is 11.0. The molecule has 0 radical (unpaired) electrons. The van der Waals surface area contributed by atoms with Gasteiger partial charge in [-0.25, -0.2) is 9.59 Å². The van der Waals surface area contributed by atoms with Crippen LogP contribution in [0.4, 0.5) is 0 Å². The van der Waals surface area contributed by atoms with Crippen molar-refractivity contribution in [2.45, 2.75) is 94.1 Å². The largest absolute Gasteiger partial charge is 0.478 e. The number of carbonyl (C=O) groups excluding carboxylic acids is 1. The molecule has 2 unspecified atom stereocenters. The minimum Gasteiger partial charge on any atom is -0.478 e. The van der Waals surface area contributed by atoms with E-state index in [1.54, 1.807) is 6.92 Å². The monoisotopic (exact) mass is 382 g/mol. The summed E-state index contributed by atoms with van der Waals surface area (Å²) in [6.07, 6.45) is 7.21. The van der Waals surface area contributed by atoms with Gasteiger partial charge in [0.1, 0.15) is 6.10 Å². The zero-order valence-electron chi connectivity index (χ0n) is 19.0. The van der Waals surface area contributed by atoms with E-state index in [0.29, 0.717) is 11.5 Å². The van der Waals surface area contributed by atoms with Crippen LogP contribution in [-0.4, -0.2) is 23.1 Å². The number of carbonyl (C=O) groups is 2. The Labute approximate surface area is 167 Å². The first-order valence-electron chi connectivity index (χ1n) is 10.1. The van der Waals surface area contributed by atoms with E-state index in [2.05, 4.69) is 55.0 Å². The fourth-order valence-electron chi connectivity index (χ4n) is 2.73. The number of hydrogen-bond donors (Lipinski definition) is 1. The predicted octanol–water partition coefficient (Wildman–Crippen LogP) is 6.41. The number of hydrogen-bond acceptors (Lipinski definition) is 3. The predicted molar refractivity (Wildman–Crippen MR) is 114 cm³/mol. The van der Waals surface area contributed by atoms with Gasteiger partial charge in [-0.2, -0.15) is 0 Å². The Kier molecular flexibility index (Phi) is 13.0. The molecule has 0 amide bonds. The highest BCUT2D eigenvalue weighted by Gasteiger charge is 2.29. The summed E-state index contributed by atoms with van der Waals surface area (Å²) in [7, 11) is 0. The topological polar surface area (TPSA) is 63.6 Å². The quantitative estimate of drug-likeness (QED) is 0.350. The molecule has 0 fully saturated rings. The van der Waals surface area contributed by atoms with E-state index < -0.39 is 5.97 Å². The van der Waals surface area contributed by atoms with E-state index in [-0.39, 0.29) is 22.9 Å². The number of ether oxygens (including phenoxy) is 1.